The third-order valence-electron chi connectivity index (χ3n) is 2.17. The first-order valence-electron chi connectivity index (χ1n) is 3.91. The van der Waals surface area contributed by atoms with E-state index in [2.05, 4.69) is 0 Å². The van der Waals surface area contributed by atoms with E-state index in [0.29, 0.717) is 12.4 Å². The fraction of sp³-hybridized carbons (Fsp3) is 0.333. The van der Waals surface area contributed by atoms with Crippen LogP contribution in [0.5, 0.6) is 11.5 Å². The van der Waals surface area contributed by atoms with Gasteiger partial charge in [-0.3, -0.25) is 0 Å². The maximum atomic E-state index is 9.39. The zero-order chi connectivity index (χ0) is 8.72. The zero-order valence-corrected chi connectivity index (χ0v) is 6.87. The zero-order valence-electron chi connectivity index (χ0n) is 6.87. The van der Waals surface area contributed by atoms with Crippen LogP contribution in [0.15, 0.2) is 12.1 Å². The molecule has 64 valence electrons. The van der Waals surface area contributed by atoms with Crippen LogP contribution in [0.3, 0.4) is 0 Å². The molecule has 1 atom stereocenters. The molecule has 3 heteroatoms. The summed E-state index contributed by atoms with van der Waals surface area (Å²) in [4.78, 5) is 0. The Morgan fingerprint density at radius 1 is 1.58 bits per heavy atom. The van der Waals surface area contributed by atoms with Crippen molar-refractivity contribution in [2.45, 2.75) is 13.0 Å². The van der Waals surface area contributed by atoms with Crippen LogP contribution in [0.4, 0.5) is 0 Å². The second-order valence-corrected chi connectivity index (χ2v) is 3.06. The van der Waals surface area contributed by atoms with Gasteiger partial charge in [0.1, 0.15) is 6.61 Å². The highest BCUT2D eigenvalue weighted by molar-refractivity contribution is 5.53. The van der Waals surface area contributed by atoms with Crippen molar-refractivity contribution in [1.82, 2.24) is 0 Å². The highest BCUT2D eigenvalue weighted by atomic mass is 16.5. The lowest BCUT2D eigenvalue weighted by Gasteiger charge is -2.05. The van der Waals surface area contributed by atoms with E-state index in [1.165, 1.54) is 0 Å². The second kappa shape index (κ2) is 2.38. The van der Waals surface area contributed by atoms with Crippen LogP contribution in [-0.4, -0.2) is 11.7 Å². The molecule has 3 nitrogen and oxygen atoms in total. The van der Waals surface area contributed by atoms with Gasteiger partial charge in [0.25, 0.3) is 0 Å². The first kappa shape index (κ1) is 7.43. The molecule has 1 aliphatic rings. The lowest BCUT2D eigenvalue weighted by Crippen LogP contribution is -2.11. The van der Waals surface area contributed by atoms with Crippen LogP contribution in [-0.2, 0) is 0 Å². The Morgan fingerprint density at radius 3 is 3.00 bits per heavy atom. The van der Waals surface area contributed by atoms with Crippen molar-refractivity contribution in [1.29, 1.82) is 0 Å². The van der Waals surface area contributed by atoms with Gasteiger partial charge in [-0.25, -0.2) is 0 Å². The van der Waals surface area contributed by atoms with Gasteiger partial charge in [-0.15, -0.1) is 0 Å². The normalized spacial score (nSPS) is 20.3. The highest BCUT2D eigenvalue weighted by Gasteiger charge is 2.25. The molecule has 0 saturated carbocycles. The molecule has 3 N–H and O–H groups in total. The van der Waals surface area contributed by atoms with Crippen LogP contribution in [0.2, 0.25) is 0 Å². The molecule has 1 heterocycles. The van der Waals surface area contributed by atoms with Gasteiger partial charge in [0.2, 0.25) is 0 Å². The SMILES string of the molecule is Cc1ccc(O)c2c1[C@@H](N)CO2. The van der Waals surface area contributed by atoms with E-state index in [1.807, 2.05) is 13.0 Å². The Hall–Kier alpha value is -1.22. The number of hydrogen-bond acceptors (Lipinski definition) is 3. The maximum absolute atomic E-state index is 9.39. The van der Waals surface area contributed by atoms with Gasteiger partial charge < -0.3 is 15.6 Å². The summed E-state index contributed by atoms with van der Waals surface area (Å²) in [6, 6.07) is 3.39. The number of ether oxygens (including phenoxy) is 1. The average Bonchev–Trinajstić information content (AvgIpc) is 2.42. The number of aryl methyl sites for hydroxylation is 1. The van der Waals surface area contributed by atoms with E-state index in [9.17, 15) is 5.11 Å². The monoisotopic (exact) mass is 165 g/mol. The van der Waals surface area contributed by atoms with Crippen molar-refractivity contribution in [2.24, 2.45) is 5.73 Å². The van der Waals surface area contributed by atoms with E-state index in [1.54, 1.807) is 6.07 Å². The molecular formula is C9H11NO2. The van der Waals surface area contributed by atoms with E-state index < -0.39 is 0 Å². The van der Waals surface area contributed by atoms with E-state index in [0.717, 1.165) is 11.1 Å². The molecular weight excluding hydrogens is 154 g/mol. The van der Waals surface area contributed by atoms with Gasteiger partial charge in [-0.2, -0.15) is 0 Å². The molecule has 0 radical (unpaired) electrons. The molecule has 1 aromatic rings. The summed E-state index contributed by atoms with van der Waals surface area (Å²) in [5.74, 6) is 0.742. The Balaban J connectivity index is 2.64. The number of phenols is 1. The molecule has 0 fully saturated rings. The lowest BCUT2D eigenvalue weighted by molar-refractivity contribution is 0.317. The quantitative estimate of drug-likeness (QED) is 0.605. The molecule has 2 rings (SSSR count). The van der Waals surface area contributed by atoms with E-state index >= 15 is 0 Å². The smallest absolute Gasteiger partial charge is 0.166 e. The van der Waals surface area contributed by atoms with Crippen molar-refractivity contribution in [3.8, 4) is 11.5 Å². The van der Waals surface area contributed by atoms with Gasteiger partial charge >= 0.3 is 0 Å². The van der Waals surface area contributed by atoms with Gasteiger partial charge in [-0.1, -0.05) is 6.07 Å². The highest BCUT2D eigenvalue weighted by Crippen LogP contribution is 2.40. The van der Waals surface area contributed by atoms with Crippen molar-refractivity contribution < 1.29 is 9.84 Å². The topological polar surface area (TPSA) is 55.5 Å². The molecule has 0 unspecified atom stereocenters. The Kier molecular flexibility index (Phi) is 1.48. The van der Waals surface area contributed by atoms with Crippen molar-refractivity contribution in [3.05, 3.63) is 23.3 Å². The predicted molar refractivity (Wildman–Crippen MR) is 45.3 cm³/mol. The van der Waals surface area contributed by atoms with Gasteiger partial charge in [0.05, 0.1) is 6.04 Å². The summed E-state index contributed by atoms with van der Waals surface area (Å²) in [7, 11) is 0. The number of rotatable bonds is 0. The standard InChI is InChI=1S/C9H11NO2/c1-5-2-3-7(11)9-8(5)6(10)4-12-9/h2-3,6,11H,4,10H2,1H3/t6-/m0/s1. The number of hydrogen-bond donors (Lipinski definition) is 2. The third-order valence-corrected chi connectivity index (χ3v) is 2.17. The van der Waals surface area contributed by atoms with Crippen molar-refractivity contribution in [3.63, 3.8) is 0 Å². The summed E-state index contributed by atoms with van der Waals surface area (Å²) >= 11 is 0. The minimum atomic E-state index is -0.0906. The summed E-state index contributed by atoms with van der Waals surface area (Å²) in [6.45, 7) is 2.43. The number of fused-ring (bicyclic) bond motifs is 1. The summed E-state index contributed by atoms with van der Waals surface area (Å²) in [5, 5.41) is 9.39. The van der Waals surface area contributed by atoms with Crippen LogP contribution in [0, 0.1) is 6.92 Å². The Labute approximate surface area is 70.8 Å². The largest absolute Gasteiger partial charge is 0.504 e. The number of nitrogens with two attached hydrogens (primary N) is 1. The van der Waals surface area contributed by atoms with Gasteiger partial charge in [0, 0.05) is 5.56 Å². The van der Waals surface area contributed by atoms with Crippen LogP contribution < -0.4 is 10.5 Å². The molecule has 1 aliphatic heterocycles. The predicted octanol–water partition coefficient (Wildman–Crippen LogP) is 1.09. The van der Waals surface area contributed by atoms with E-state index in [-0.39, 0.29) is 11.8 Å². The Morgan fingerprint density at radius 2 is 2.33 bits per heavy atom. The van der Waals surface area contributed by atoms with Gasteiger partial charge in [-0.05, 0) is 18.6 Å². The summed E-state index contributed by atoms with van der Waals surface area (Å²) in [5.41, 5.74) is 7.80. The minimum Gasteiger partial charge on any atom is -0.504 e. The average molecular weight is 165 g/mol. The number of phenolic OH excluding ortho intramolecular Hbond substituents is 1. The first-order chi connectivity index (χ1) is 5.70. The maximum Gasteiger partial charge on any atom is 0.166 e. The van der Waals surface area contributed by atoms with Gasteiger partial charge in [0.15, 0.2) is 11.5 Å². The van der Waals surface area contributed by atoms with Crippen LogP contribution >= 0.6 is 0 Å². The lowest BCUT2D eigenvalue weighted by atomic mass is 10.0. The van der Waals surface area contributed by atoms with E-state index in [4.69, 9.17) is 10.5 Å². The molecule has 0 spiro atoms. The van der Waals surface area contributed by atoms with Crippen LogP contribution in [0.1, 0.15) is 17.2 Å². The first-order valence-corrected chi connectivity index (χ1v) is 3.91. The molecule has 0 saturated heterocycles. The fourth-order valence-corrected chi connectivity index (χ4v) is 1.56. The molecule has 1 aromatic carbocycles. The molecule has 0 amide bonds. The van der Waals surface area contributed by atoms with Crippen molar-refractivity contribution in [2.75, 3.05) is 6.61 Å². The minimum absolute atomic E-state index is 0.0906. The second-order valence-electron chi connectivity index (χ2n) is 3.06. The Bertz CT molecular complexity index is 323. The van der Waals surface area contributed by atoms with Crippen LogP contribution in [0.25, 0.3) is 0 Å². The third kappa shape index (κ3) is 0.865. The number of benzene rings is 1. The molecule has 12 heavy (non-hydrogen) atoms. The molecule has 0 bridgehead atoms. The summed E-state index contributed by atoms with van der Waals surface area (Å²) < 4.78 is 5.25. The number of aromatic hydroxyl groups is 1. The molecule has 0 aliphatic carbocycles. The fourth-order valence-electron chi connectivity index (χ4n) is 1.56. The molecule has 0 aromatic heterocycles. The van der Waals surface area contributed by atoms with Crippen molar-refractivity contribution >= 4 is 0 Å². The summed E-state index contributed by atoms with van der Waals surface area (Å²) in [6.07, 6.45) is 0.